The van der Waals surface area contributed by atoms with E-state index in [0.717, 1.165) is 12.3 Å². The lowest BCUT2D eigenvalue weighted by Gasteiger charge is -2.09. The summed E-state index contributed by atoms with van der Waals surface area (Å²) in [4.78, 5) is 8.12. The Morgan fingerprint density at radius 1 is 1.23 bits per heavy atom. The van der Waals surface area contributed by atoms with E-state index in [1.807, 2.05) is 0 Å². The number of nitrogens with zero attached hydrogens (tertiary/aromatic N) is 3. The van der Waals surface area contributed by atoms with Gasteiger partial charge >= 0.3 is 6.18 Å². The van der Waals surface area contributed by atoms with Crippen LogP contribution in [0.2, 0.25) is 5.02 Å². The van der Waals surface area contributed by atoms with Gasteiger partial charge in [0.2, 0.25) is 0 Å². The Kier molecular flexibility index (Phi) is 3.54. The van der Waals surface area contributed by atoms with Crippen LogP contribution in [-0.4, -0.2) is 19.5 Å². The van der Waals surface area contributed by atoms with E-state index in [9.17, 15) is 18.3 Å². The van der Waals surface area contributed by atoms with Gasteiger partial charge in [-0.1, -0.05) is 11.6 Å². The molecule has 0 aliphatic carbocycles. The highest BCUT2D eigenvalue weighted by molar-refractivity contribution is 6.33. The molecule has 0 aromatic carbocycles. The minimum atomic E-state index is -4.54. The lowest BCUT2D eigenvalue weighted by molar-refractivity contribution is -0.137. The molecule has 114 valence electrons. The van der Waals surface area contributed by atoms with Gasteiger partial charge in [0.15, 0.2) is 5.65 Å². The summed E-state index contributed by atoms with van der Waals surface area (Å²) in [6.07, 6.45) is -0.595. The van der Waals surface area contributed by atoms with Crippen molar-refractivity contribution in [3.63, 3.8) is 0 Å². The van der Waals surface area contributed by atoms with Gasteiger partial charge in [-0.05, 0) is 18.2 Å². The smallest absolute Gasteiger partial charge is 0.390 e. The van der Waals surface area contributed by atoms with Crippen LogP contribution < -0.4 is 0 Å². The molecule has 0 fully saturated rings. The fraction of sp³-hybridized carbons (Fsp3) is 0.143. The minimum absolute atomic E-state index is 0.134. The van der Waals surface area contributed by atoms with Gasteiger partial charge in [-0.25, -0.2) is 4.98 Å². The van der Waals surface area contributed by atoms with E-state index in [4.69, 9.17) is 11.6 Å². The summed E-state index contributed by atoms with van der Waals surface area (Å²) in [6, 6.07) is 4.13. The maximum Gasteiger partial charge on any atom is 0.417 e. The zero-order valence-corrected chi connectivity index (χ0v) is 11.7. The summed E-state index contributed by atoms with van der Waals surface area (Å²) >= 11 is 5.92. The molecule has 4 nitrogen and oxygen atoms in total. The number of halogens is 4. The van der Waals surface area contributed by atoms with E-state index in [2.05, 4.69) is 9.97 Å². The highest BCUT2D eigenvalue weighted by Crippen LogP contribution is 2.34. The molecule has 0 saturated heterocycles. The number of aliphatic hydroxyl groups excluding tert-OH is 1. The Morgan fingerprint density at radius 3 is 2.50 bits per heavy atom. The van der Waals surface area contributed by atoms with Gasteiger partial charge in [0.25, 0.3) is 0 Å². The van der Waals surface area contributed by atoms with Gasteiger partial charge in [0.1, 0.15) is 0 Å². The molecular formula is C14H9ClF3N3O. The molecule has 0 amide bonds. The van der Waals surface area contributed by atoms with Crippen LogP contribution in [-0.2, 0) is 12.8 Å². The van der Waals surface area contributed by atoms with E-state index in [1.165, 1.54) is 16.8 Å². The average molecular weight is 328 g/mol. The van der Waals surface area contributed by atoms with Crippen molar-refractivity contribution < 1.29 is 18.3 Å². The summed E-state index contributed by atoms with van der Waals surface area (Å²) in [5.74, 6) is 0. The summed E-state index contributed by atoms with van der Waals surface area (Å²) in [5, 5.41) is 9.42. The molecule has 0 atom stereocenters. The summed E-state index contributed by atoms with van der Waals surface area (Å²) in [6.45, 7) is -0.476. The van der Waals surface area contributed by atoms with Crippen molar-refractivity contribution in [1.82, 2.24) is 14.4 Å². The van der Waals surface area contributed by atoms with Crippen LogP contribution in [0.4, 0.5) is 13.2 Å². The fourth-order valence-electron chi connectivity index (χ4n) is 2.20. The van der Waals surface area contributed by atoms with E-state index in [1.54, 1.807) is 12.1 Å². The van der Waals surface area contributed by atoms with Crippen LogP contribution in [0.5, 0.6) is 0 Å². The number of hydrogen-bond acceptors (Lipinski definition) is 3. The Morgan fingerprint density at radius 2 is 1.91 bits per heavy atom. The number of pyridine rings is 2. The van der Waals surface area contributed by atoms with Crippen LogP contribution in [0.3, 0.4) is 0 Å². The molecule has 0 saturated carbocycles. The normalized spacial score (nSPS) is 12.0. The number of rotatable bonds is 2. The molecule has 0 aliphatic heterocycles. The predicted octanol–water partition coefficient (Wildman–Crippen LogP) is 3.56. The molecule has 0 bridgehead atoms. The fourth-order valence-corrected chi connectivity index (χ4v) is 2.45. The standard InChI is InChI=1S/C14H9ClF3N3O/c15-10-5-9(14(16,17)18)6-21-11(7-22)12(20-13(10)21)8-1-3-19-4-2-8/h1-6,22H,7H2. The maximum absolute atomic E-state index is 12.9. The first kappa shape index (κ1) is 14.8. The van der Waals surface area contributed by atoms with E-state index < -0.39 is 18.3 Å². The molecule has 0 unspecified atom stereocenters. The van der Waals surface area contributed by atoms with Crippen molar-refractivity contribution in [2.75, 3.05) is 0 Å². The SMILES string of the molecule is OCc1c(-c2ccncc2)nc2c(Cl)cc(C(F)(F)F)cn12. The molecule has 0 radical (unpaired) electrons. The van der Waals surface area contributed by atoms with E-state index in [-0.39, 0.29) is 16.4 Å². The molecule has 0 aliphatic rings. The number of aliphatic hydroxyl groups is 1. The van der Waals surface area contributed by atoms with Crippen LogP contribution in [0.25, 0.3) is 16.9 Å². The second kappa shape index (κ2) is 5.26. The Bertz CT molecular complexity index is 831. The van der Waals surface area contributed by atoms with Crippen LogP contribution >= 0.6 is 11.6 Å². The molecule has 1 N–H and O–H groups in total. The van der Waals surface area contributed by atoms with Gasteiger partial charge in [-0.3, -0.25) is 9.38 Å². The second-order valence-electron chi connectivity index (χ2n) is 4.57. The Balaban J connectivity index is 2.31. The Labute approximate surface area is 127 Å². The van der Waals surface area contributed by atoms with Gasteiger partial charge in [0.05, 0.1) is 28.6 Å². The third kappa shape index (κ3) is 2.42. The number of alkyl halides is 3. The first-order valence-corrected chi connectivity index (χ1v) is 6.58. The van der Waals surface area contributed by atoms with Crippen molar-refractivity contribution in [2.24, 2.45) is 0 Å². The second-order valence-corrected chi connectivity index (χ2v) is 4.98. The Hall–Kier alpha value is -2.12. The van der Waals surface area contributed by atoms with Gasteiger partial charge in [0, 0.05) is 24.2 Å². The first-order valence-electron chi connectivity index (χ1n) is 6.20. The predicted molar refractivity (Wildman–Crippen MR) is 74.4 cm³/mol. The van der Waals surface area contributed by atoms with E-state index >= 15 is 0 Å². The van der Waals surface area contributed by atoms with Crippen molar-refractivity contribution >= 4 is 17.2 Å². The summed E-state index contributed by atoms with van der Waals surface area (Å²) in [5.41, 5.74) is 0.483. The lowest BCUT2D eigenvalue weighted by atomic mass is 10.1. The zero-order valence-electron chi connectivity index (χ0n) is 11.0. The summed E-state index contributed by atoms with van der Waals surface area (Å²) < 4.78 is 39.9. The number of aromatic nitrogens is 3. The number of imidazole rings is 1. The molecule has 8 heteroatoms. The van der Waals surface area contributed by atoms with Crippen LogP contribution in [0.15, 0.2) is 36.8 Å². The molecule has 3 heterocycles. The van der Waals surface area contributed by atoms with Crippen molar-refractivity contribution in [2.45, 2.75) is 12.8 Å². The minimum Gasteiger partial charge on any atom is -0.390 e. The van der Waals surface area contributed by atoms with Crippen molar-refractivity contribution in [1.29, 1.82) is 0 Å². The number of fused-ring (bicyclic) bond motifs is 1. The van der Waals surface area contributed by atoms with Gasteiger partial charge < -0.3 is 5.11 Å². The van der Waals surface area contributed by atoms with Crippen molar-refractivity contribution in [3.05, 3.63) is 53.1 Å². The average Bonchev–Trinajstić information content (AvgIpc) is 2.86. The van der Waals surface area contributed by atoms with Crippen LogP contribution in [0, 0.1) is 0 Å². The lowest BCUT2D eigenvalue weighted by Crippen LogP contribution is -2.07. The van der Waals surface area contributed by atoms with Crippen molar-refractivity contribution in [3.8, 4) is 11.3 Å². The maximum atomic E-state index is 12.9. The largest absolute Gasteiger partial charge is 0.417 e. The molecule has 22 heavy (non-hydrogen) atoms. The highest BCUT2D eigenvalue weighted by Gasteiger charge is 2.32. The first-order chi connectivity index (χ1) is 10.4. The molecule has 3 aromatic heterocycles. The monoisotopic (exact) mass is 327 g/mol. The third-order valence-electron chi connectivity index (χ3n) is 3.20. The third-order valence-corrected chi connectivity index (χ3v) is 3.48. The number of hydrogen-bond donors (Lipinski definition) is 1. The zero-order chi connectivity index (χ0) is 15.9. The summed E-state index contributed by atoms with van der Waals surface area (Å²) in [7, 11) is 0. The van der Waals surface area contributed by atoms with Gasteiger partial charge in [-0.15, -0.1) is 0 Å². The molecule has 0 spiro atoms. The molecular weight excluding hydrogens is 319 g/mol. The van der Waals surface area contributed by atoms with Gasteiger partial charge in [-0.2, -0.15) is 13.2 Å². The molecule has 3 aromatic rings. The van der Waals surface area contributed by atoms with E-state index in [0.29, 0.717) is 11.3 Å². The van der Waals surface area contributed by atoms with Crippen LogP contribution in [0.1, 0.15) is 11.3 Å². The quantitative estimate of drug-likeness (QED) is 0.783. The molecule has 3 rings (SSSR count). The highest BCUT2D eigenvalue weighted by atomic mass is 35.5. The topological polar surface area (TPSA) is 50.4 Å².